The van der Waals surface area contributed by atoms with Gasteiger partial charge >= 0.3 is 78.6 Å². The van der Waals surface area contributed by atoms with Crippen molar-refractivity contribution in [2.24, 2.45) is 0 Å². The van der Waals surface area contributed by atoms with Crippen LogP contribution in [-0.4, -0.2) is 9.30 Å². The van der Waals surface area contributed by atoms with Crippen LogP contribution in [0.15, 0.2) is 6.20 Å². The van der Waals surface area contributed by atoms with Crippen LogP contribution in [0.25, 0.3) is 0 Å². The molecule has 1 nitrogen and oxygen atoms in total. The molecule has 0 unspecified atom stereocenters. The summed E-state index contributed by atoms with van der Waals surface area (Å²) in [5.74, 6) is 0. The first-order valence-electron chi connectivity index (χ1n) is 3.60. The van der Waals surface area contributed by atoms with E-state index < -0.39 is 0 Å². The molecule has 0 bridgehead atoms. The molecule has 0 fully saturated rings. The first kappa shape index (κ1) is 8.83. The zero-order valence-corrected chi connectivity index (χ0v) is 8.66. The Labute approximate surface area is 78.8 Å². The van der Waals surface area contributed by atoms with Gasteiger partial charge in [0.15, 0.2) is 0 Å². The fourth-order valence-electron chi connectivity index (χ4n) is 0.993. The summed E-state index contributed by atoms with van der Waals surface area (Å²) in [5, 5.41) is 0. The maximum absolute atomic E-state index is 4.30. The van der Waals surface area contributed by atoms with Crippen LogP contribution in [0.2, 0.25) is 0 Å². The number of pyridine rings is 1. The van der Waals surface area contributed by atoms with Gasteiger partial charge in [0.1, 0.15) is 0 Å². The van der Waals surface area contributed by atoms with E-state index in [-0.39, 0.29) is 0 Å². The second-order valence-corrected chi connectivity index (χ2v) is 3.17. The van der Waals surface area contributed by atoms with Crippen molar-refractivity contribution in [2.75, 3.05) is 0 Å². The second kappa shape index (κ2) is 3.42. The number of rotatable bonds is 1. The maximum atomic E-state index is 4.30. The molecule has 11 heavy (non-hydrogen) atoms. The van der Waals surface area contributed by atoms with Gasteiger partial charge in [-0.15, -0.1) is 0 Å². The van der Waals surface area contributed by atoms with Crippen LogP contribution in [-0.2, 0) is 20.0 Å². The van der Waals surface area contributed by atoms with E-state index >= 15 is 0 Å². The normalized spacial score (nSPS) is 9.64. The summed E-state index contributed by atoms with van der Waals surface area (Å²) < 4.78 is 2.04. The fourth-order valence-corrected chi connectivity index (χ4v) is 1.45. The number of hydrogen-bond donors (Lipinski definition) is 0. The van der Waals surface area contributed by atoms with Crippen LogP contribution in [0, 0.1) is 20.8 Å². The SMILES string of the molecule is Cc1cnc([CH]=[Ti])c(C)c1C. The number of nitrogens with zero attached hydrogens (tertiary/aromatic N) is 1. The van der Waals surface area contributed by atoms with E-state index in [9.17, 15) is 0 Å². The third-order valence-electron chi connectivity index (χ3n) is 2.07. The van der Waals surface area contributed by atoms with Gasteiger partial charge in [-0.2, -0.15) is 0 Å². The van der Waals surface area contributed by atoms with E-state index in [2.05, 4.69) is 25.8 Å². The standard InChI is InChI=1S/C9H11N.Ti/c1-6-5-10-9(4)8(3)7(6)2;/h4-5H,1-3H3;. The van der Waals surface area contributed by atoms with E-state index in [4.69, 9.17) is 0 Å². The summed E-state index contributed by atoms with van der Waals surface area (Å²) in [6.45, 7) is 6.35. The van der Waals surface area contributed by atoms with Gasteiger partial charge in [-0.05, 0) is 0 Å². The molecule has 1 aromatic heterocycles. The average Bonchev–Trinajstić information content (AvgIpc) is 2.01. The van der Waals surface area contributed by atoms with Crippen LogP contribution in [0.1, 0.15) is 22.4 Å². The fraction of sp³-hybridized carbons (Fsp3) is 0.333. The Morgan fingerprint density at radius 3 is 2.45 bits per heavy atom. The Morgan fingerprint density at radius 2 is 1.91 bits per heavy atom. The third-order valence-corrected chi connectivity index (χ3v) is 2.50. The molecule has 0 amide bonds. The van der Waals surface area contributed by atoms with Crippen LogP contribution in [0.4, 0.5) is 0 Å². The van der Waals surface area contributed by atoms with Crippen LogP contribution in [0.5, 0.6) is 0 Å². The quantitative estimate of drug-likeness (QED) is 0.601. The summed E-state index contributed by atoms with van der Waals surface area (Å²) in [7, 11) is 0. The van der Waals surface area contributed by atoms with Gasteiger partial charge in [0.05, 0.1) is 0 Å². The van der Waals surface area contributed by atoms with Crippen molar-refractivity contribution in [3.8, 4) is 0 Å². The molecule has 2 heteroatoms. The van der Waals surface area contributed by atoms with Gasteiger partial charge < -0.3 is 0 Å². The minimum absolute atomic E-state index is 1.10. The van der Waals surface area contributed by atoms with Gasteiger partial charge in [-0.1, -0.05) is 0 Å². The monoisotopic (exact) mass is 181 g/mol. The molecule has 1 heterocycles. The Hall–Kier alpha value is -0.266. The predicted molar refractivity (Wildman–Crippen MR) is 43.6 cm³/mol. The molecule has 1 aromatic rings. The molecule has 0 radical (unpaired) electrons. The van der Waals surface area contributed by atoms with Crippen molar-refractivity contribution >= 4 is 4.31 Å². The Morgan fingerprint density at radius 1 is 1.27 bits per heavy atom. The summed E-state index contributed by atoms with van der Waals surface area (Å²) in [6.07, 6.45) is 1.93. The van der Waals surface area contributed by atoms with Gasteiger partial charge in [0, 0.05) is 0 Å². The number of hydrogen-bond acceptors (Lipinski definition) is 1. The van der Waals surface area contributed by atoms with Crippen molar-refractivity contribution < 1.29 is 20.0 Å². The molecule has 0 aliphatic heterocycles. The van der Waals surface area contributed by atoms with Crippen molar-refractivity contribution in [1.29, 1.82) is 0 Å². The van der Waals surface area contributed by atoms with Crippen molar-refractivity contribution in [3.05, 3.63) is 28.6 Å². The molecule has 0 saturated carbocycles. The van der Waals surface area contributed by atoms with E-state index in [0.717, 1.165) is 5.69 Å². The van der Waals surface area contributed by atoms with Gasteiger partial charge in [-0.3, -0.25) is 0 Å². The van der Waals surface area contributed by atoms with Crippen LogP contribution in [0.3, 0.4) is 0 Å². The van der Waals surface area contributed by atoms with Crippen molar-refractivity contribution in [1.82, 2.24) is 4.98 Å². The Kier molecular flexibility index (Phi) is 2.75. The molecular weight excluding hydrogens is 170 g/mol. The molecule has 0 aliphatic rings. The Balaban J connectivity index is 3.36. The number of aromatic nitrogens is 1. The molecule has 0 N–H and O–H groups in total. The molecule has 0 aromatic carbocycles. The summed E-state index contributed by atoms with van der Waals surface area (Å²) in [6, 6.07) is 0. The molecule has 0 saturated heterocycles. The van der Waals surface area contributed by atoms with E-state index in [1.165, 1.54) is 16.7 Å². The van der Waals surface area contributed by atoms with Gasteiger partial charge in [0.25, 0.3) is 0 Å². The molecule has 56 valence electrons. The topological polar surface area (TPSA) is 12.9 Å². The van der Waals surface area contributed by atoms with E-state index in [0.29, 0.717) is 0 Å². The Bertz CT molecular complexity index is 292. The average molecular weight is 181 g/mol. The summed E-state index contributed by atoms with van der Waals surface area (Å²) in [5.41, 5.74) is 5.03. The molecule has 0 aliphatic carbocycles. The first-order valence-corrected chi connectivity index (χ1v) is 4.50. The summed E-state index contributed by atoms with van der Waals surface area (Å²) >= 11 is 2.02. The molecular formula is C9H11NTi. The second-order valence-electron chi connectivity index (χ2n) is 2.72. The number of aryl methyl sites for hydroxylation is 1. The van der Waals surface area contributed by atoms with Crippen LogP contribution < -0.4 is 0 Å². The molecule has 0 atom stereocenters. The van der Waals surface area contributed by atoms with E-state index in [1.54, 1.807) is 0 Å². The van der Waals surface area contributed by atoms with Crippen molar-refractivity contribution in [3.63, 3.8) is 0 Å². The third kappa shape index (κ3) is 1.66. The van der Waals surface area contributed by atoms with Gasteiger partial charge in [0.2, 0.25) is 0 Å². The molecule has 0 spiro atoms. The summed E-state index contributed by atoms with van der Waals surface area (Å²) in [4.78, 5) is 4.30. The van der Waals surface area contributed by atoms with Gasteiger partial charge in [-0.25, -0.2) is 0 Å². The van der Waals surface area contributed by atoms with E-state index in [1.807, 2.05) is 30.5 Å². The first-order chi connectivity index (χ1) is 5.16. The van der Waals surface area contributed by atoms with Crippen LogP contribution >= 0.6 is 0 Å². The zero-order valence-electron chi connectivity index (χ0n) is 7.10. The molecule has 1 rings (SSSR count). The minimum atomic E-state index is 1.10. The van der Waals surface area contributed by atoms with Crippen molar-refractivity contribution in [2.45, 2.75) is 20.8 Å². The predicted octanol–water partition coefficient (Wildman–Crippen LogP) is 1.70. The zero-order chi connectivity index (χ0) is 8.43.